The molecular weight excluding hydrogens is 350 g/mol. The first kappa shape index (κ1) is 16.7. The van der Waals surface area contributed by atoms with E-state index in [9.17, 15) is 10.1 Å². The Balaban J connectivity index is 1.74. The van der Waals surface area contributed by atoms with Gasteiger partial charge in [0.1, 0.15) is 6.61 Å². The summed E-state index contributed by atoms with van der Waals surface area (Å²) in [7, 11) is 1.37. The third-order valence-corrected chi connectivity index (χ3v) is 3.65. The molecule has 1 heterocycles. The lowest BCUT2D eigenvalue weighted by Crippen LogP contribution is -1.99. The Kier molecular flexibility index (Phi) is 4.80. The first-order valence-electron chi connectivity index (χ1n) is 7.11. The molecule has 8 nitrogen and oxygen atoms in total. The largest absolute Gasteiger partial charge is 0.490 e. The van der Waals surface area contributed by atoms with E-state index in [4.69, 9.17) is 25.6 Å². The van der Waals surface area contributed by atoms with Crippen LogP contribution in [-0.4, -0.2) is 22.2 Å². The van der Waals surface area contributed by atoms with Gasteiger partial charge >= 0.3 is 11.8 Å². The lowest BCUT2D eigenvalue weighted by atomic mass is 10.2. The van der Waals surface area contributed by atoms with Crippen LogP contribution in [0.2, 0.25) is 5.02 Å². The molecule has 9 heteroatoms. The maximum absolute atomic E-state index is 11.0. The molecule has 0 fully saturated rings. The monoisotopic (exact) mass is 361 g/mol. The van der Waals surface area contributed by atoms with Crippen molar-refractivity contribution in [3.8, 4) is 23.2 Å². The Hall–Kier alpha value is -3.13. The molecule has 0 N–H and O–H groups in total. The number of nitro groups is 1. The van der Waals surface area contributed by atoms with Gasteiger partial charge in [-0.05, 0) is 23.8 Å². The van der Waals surface area contributed by atoms with Crippen LogP contribution in [0.5, 0.6) is 11.8 Å². The van der Waals surface area contributed by atoms with Crippen molar-refractivity contribution in [3.63, 3.8) is 0 Å². The van der Waals surface area contributed by atoms with Crippen molar-refractivity contribution in [1.29, 1.82) is 0 Å². The summed E-state index contributed by atoms with van der Waals surface area (Å²) in [6.45, 7) is 0.0228. The molecular formula is C16H12ClN3O5. The van der Waals surface area contributed by atoms with E-state index in [0.29, 0.717) is 22.0 Å². The lowest BCUT2D eigenvalue weighted by molar-refractivity contribution is -0.385. The number of rotatable bonds is 6. The fraction of sp³-hybridized carbons (Fsp3) is 0.125. The highest BCUT2D eigenvalue weighted by atomic mass is 35.5. The van der Waals surface area contributed by atoms with Crippen LogP contribution in [0.15, 0.2) is 47.0 Å². The topological polar surface area (TPSA) is 101 Å². The number of hydrogen-bond donors (Lipinski definition) is 0. The number of aromatic nitrogens is 2. The Labute approximate surface area is 147 Å². The fourth-order valence-corrected chi connectivity index (χ4v) is 2.35. The molecule has 2 aromatic carbocycles. The van der Waals surface area contributed by atoms with Crippen LogP contribution in [0, 0.1) is 10.1 Å². The van der Waals surface area contributed by atoms with Crippen LogP contribution in [0.1, 0.15) is 5.56 Å². The van der Waals surface area contributed by atoms with E-state index in [2.05, 4.69) is 10.1 Å². The molecule has 0 atom stereocenters. The second-order valence-corrected chi connectivity index (χ2v) is 5.32. The van der Waals surface area contributed by atoms with Gasteiger partial charge in [0.25, 0.3) is 0 Å². The predicted molar refractivity (Wildman–Crippen MR) is 88.7 cm³/mol. The minimum absolute atomic E-state index is 0.0228. The summed E-state index contributed by atoms with van der Waals surface area (Å²) in [6.07, 6.45) is -0.0617. The van der Waals surface area contributed by atoms with E-state index in [1.54, 1.807) is 30.3 Å². The number of halogens is 1. The van der Waals surface area contributed by atoms with Crippen molar-refractivity contribution in [2.75, 3.05) is 7.11 Å². The number of hydrogen-bond acceptors (Lipinski definition) is 7. The van der Waals surface area contributed by atoms with E-state index >= 15 is 0 Å². The zero-order valence-corrected chi connectivity index (χ0v) is 13.8. The Morgan fingerprint density at radius 2 is 2.08 bits per heavy atom. The van der Waals surface area contributed by atoms with Gasteiger partial charge in [-0.25, -0.2) is 0 Å². The number of nitrogens with zero attached hydrogens (tertiary/aromatic N) is 3. The molecule has 0 aliphatic heterocycles. The van der Waals surface area contributed by atoms with Crippen LogP contribution in [0.3, 0.4) is 0 Å². The molecule has 0 aliphatic carbocycles. The number of methoxy groups -OCH3 is 1. The SMILES string of the molecule is COc1ccc(COc2nc(-c3ccccc3Cl)no2)cc1[N+](=O)[O-]. The van der Waals surface area contributed by atoms with Gasteiger partial charge in [0.2, 0.25) is 5.82 Å². The van der Waals surface area contributed by atoms with Gasteiger partial charge in [0, 0.05) is 11.6 Å². The van der Waals surface area contributed by atoms with E-state index in [1.165, 1.54) is 19.2 Å². The third-order valence-electron chi connectivity index (χ3n) is 3.32. The second-order valence-electron chi connectivity index (χ2n) is 4.92. The number of benzene rings is 2. The molecule has 1 aromatic heterocycles. The first-order chi connectivity index (χ1) is 12.1. The van der Waals surface area contributed by atoms with Crippen LogP contribution >= 0.6 is 11.6 Å². The van der Waals surface area contributed by atoms with Crippen LogP contribution in [0.25, 0.3) is 11.4 Å². The number of ether oxygens (including phenoxy) is 2. The maximum Gasteiger partial charge on any atom is 0.417 e. The van der Waals surface area contributed by atoms with Crippen molar-refractivity contribution in [1.82, 2.24) is 10.1 Å². The minimum Gasteiger partial charge on any atom is -0.490 e. The molecule has 0 saturated carbocycles. The molecule has 128 valence electrons. The summed E-state index contributed by atoms with van der Waals surface area (Å²) in [5.41, 5.74) is 1.03. The molecule has 0 unspecified atom stereocenters. The summed E-state index contributed by atoms with van der Waals surface area (Å²) in [6, 6.07) is 11.6. The average Bonchev–Trinajstić information content (AvgIpc) is 3.08. The van der Waals surface area contributed by atoms with Gasteiger partial charge < -0.3 is 9.47 Å². The zero-order chi connectivity index (χ0) is 17.8. The Morgan fingerprint density at radius 3 is 2.80 bits per heavy atom. The van der Waals surface area contributed by atoms with Crippen molar-refractivity contribution in [2.45, 2.75) is 6.61 Å². The van der Waals surface area contributed by atoms with Gasteiger partial charge in [-0.2, -0.15) is 4.98 Å². The smallest absolute Gasteiger partial charge is 0.417 e. The van der Waals surface area contributed by atoms with Crippen LogP contribution in [0.4, 0.5) is 5.69 Å². The maximum atomic E-state index is 11.0. The standard InChI is InChI=1S/C16H12ClN3O5/c1-23-14-7-6-10(8-13(14)20(21)22)9-24-16-18-15(19-25-16)11-4-2-3-5-12(11)17/h2-8H,9H2,1H3. The van der Waals surface area contributed by atoms with Crippen molar-refractivity contribution >= 4 is 17.3 Å². The second kappa shape index (κ2) is 7.18. The molecule has 0 aliphatic rings. The molecule has 0 amide bonds. The number of nitro benzene ring substituents is 1. The van der Waals surface area contributed by atoms with Crippen LogP contribution < -0.4 is 9.47 Å². The van der Waals surface area contributed by atoms with Gasteiger partial charge in [-0.15, -0.1) is 0 Å². The Bertz CT molecular complexity index is 912. The van der Waals surface area contributed by atoms with Crippen molar-refractivity contribution in [3.05, 3.63) is 63.2 Å². The van der Waals surface area contributed by atoms with Crippen LogP contribution in [-0.2, 0) is 6.61 Å². The van der Waals surface area contributed by atoms with E-state index < -0.39 is 4.92 Å². The zero-order valence-electron chi connectivity index (χ0n) is 13.0. The molecule has 0 bridgehead atoms. The van der Waals surface area contributed by atoms with Crippen molar-refractivity contribution in [2.24, 2.45) is 0 Å². The van der Waals surface area contributed by atoms with E-state index in [0.717, 1.165) is 0 Å². The fourth-order valence-electron chi connectivity index (χ4n) is 2.13. The minimum atomic E-state index is -0.523. The van der Waals surface area contributed by atoms with Gasteiger partial charge in [0.05, 0.1) is 17.1 Å². The predicted octanol–water partition coefficient (Wildman–Crippen LogP) is 3.89. The summed E-state index contributed by atoms with van der Waals surface area (Å²) >= 11 is 6.08. The molecule has 25 heavy (non-hydrogen) atoms. The van der Waals surface area contributed by atoms with Gasteiger partial charge in [-0.3, -0.25) is 14.6 Å². The van der Waals surface area contributed by atoms with Crippen molar-refractivity contribution < 1.29 is 18.9 Å². The highest BCUT2D eigenvalue weighted by Crippen LogP contribution is 2.29. The third kappa shape index (κ3) is 3.69. The van der Waals surface area contributed by atoms with Gasteiger partial charge in [-0.1, -0.05) is 35.0 Å². The summed E-state index contributed by atoms with van der Waals surface area (Å²) < 4.78 is 15.4. The van der Waals surface area contributed by atoms with Gasteiger partial charge in [0.15, 0.2) is 5.75 Å². The highest BCUT2D eigenvalue weighted by molar-refractivity contribution is 6.33. The lowest BCUT2D eigenvalue weighted by Gasteiger charge is -2.04. The molecule has 3 aromatic rings. The molecule has 0 saturated heterocycles. The summed E-state index contributed by atoms with van der Waals surface area (Å²) in [5.74, 6) is 0.467. The summed E-state index contributed by atoms with van der Waals surface area (Å²) in [4.78, 5) is 14.6. The normalized spacial score (nSPS) is 10.5. The summed E-state index contributed by atoms with van der Waals surface area (Å²) in [5, 5.41) is 15.3. The molecule has 0 radical (unpaired) electrons. The molecule has 3 rings (SSSR count). The van der Waals surface area contributed by atoms with E-state index in [-0.39, 0.29) is 24.1 Å². The Morgan fingerprint density at radius 1 is 1.28 bits per heavy atom. The first-order valence-corrected chi connectivity index (χ1v) is 7.49. The average molecular weight is 362 g/mol. The van der Waals surface area contributed by atoms with E-state index in [1.807, 2.05) is 0 Å². The quantitative estimate of drug-likeness (QED) is 0.485. The highest BCUT2D eigenvalue weighted by Gasteiger charge is 2.16. The molecule has 0 spiro atoms.